The maximum atomic E-state index is 12.3. The average Bonchev–Trinajstić information content (AvgIpc) is 1.95. The summed E-state index contributed by atoms with van der Waals surface area (Å²) in [6, 6.07) is 5.88. The Morgan fingerprint density at radius 2 is 1.90 bits per heavy atom. The van der Waals surface area contributed by atoms with Crippen molar-refractivity contribution in [1.29, 1.82) is 0 Å². The maximum absolute atomic E-state index is 12.3. The number of ether oxygens (including phenoxy) is 1. The fraction of sp³-hybridized carbons (Fsp3) is 0.125. The zero-order chi connectivity index (χ0) is 7.40. The quantitative estimate of drug-likeness (QED) is 0.611. The van der Waals surface area contributed by atoms with Gasteiger partial charge in [0, 0.05) is 0 Å². The van der Waals surface area contributed by atoms with Crippen LogP contribution in [0.4, 0.5) is 4.39 Å². The Balaban J connectivity index is 2.69. The Morgan fingerprint density at radius 1 is 1.30 bits per heavy atom. The number of halogens is 1. The fourth-order valence-corrected chi connectivity index (χ4v) is 0.649. The molecule has 0 saturated heterocycles. The van der Waals surface area contributed by atoms with Gasteiger partial charge in [0.15, 0.2) is 0 Å². The second-order valence-electron chi connectivity index (χ2n) is 1.81. The van der Waals surface area contributed by atoms with Crippen LogP contribution in [-0.2, 0) is 0 Å². The molecule has 0 aromatic heterocycles. The minimum absolute atomic E-state index is 0.247. The molecule has 53 valence electrons. The first-order valence-corrected chi connectivity index (χ1v) is 3.03. The molecule has 0 amide bonds. The van der Waals surface area contributed by atoms with Gasteiger partial charge < -0.3 is 4.74 Å². The Bertz CT molecular complexity index is 193. The van der Waals surface area contributed by atoms with Crippen LogP contribution in [0, 0.1) is 12.4 Å². The van der Waals surface area contributed by atoms with Gasteiger partial charge in [-0.05, 0) is 31.2 Å². The molecule has 0 aliphatic carbocycles. The van der Waals surface area contributed by atoms with Crippen LogP contribution in [0.5, 0.6) is 5.75 Å². The molecule has 0 fully saturated rings. The van der Waals surface area contributed by atoms with E-state index in [0.717, 1.165) is 0 Å². The van der Waals surface area contributed by atoms with E-state index in [0.29, 0.717) is 5.75 Å². The standard InChI is InChI=1S/C8H8FO/c1-2-10-8-5-3-7(9)4-6-8/h2-6H,1H3. The molecule has 0 unspecified atom stereocenters. The molecule has 2 heteroatoms. The molecule has 1 nitrogen and oxygen atoms in total. The lowest BCUT2D eigenvalue weighted by Gasteiger charge is -1.99. The number of hydrogen-bond acceptors (Lipinski definition) is 1. The topological polar surface area (TPSA) is 9.23 Å². The highest BCUT2D eigenvalue weighted by Crippen LogP contribution is 2.11. The van der Waals surface area contributed by atoms with Crippen LogP contribution in [0.3, 0.4) is 0 Å². The van der Waals surface area contributed by atoms with Crippen LogP contribution in [0.2, 0.25) is 0 Å². The first kappa shape index (κ1) is 7.06. The van der Waals surface area contributed by atoms with Crippen LogP contribution in [0.25, 0.3) is 0 Å². The van der Waals surface area contributed by atoms with Crippen molar-refractivity contribution < 1.29 is 9.13 Å². The largest absolute Gasteiger partial charge is 0.487 e. The molecule has 0 aliphatic rings. The molecule has 0 N–H and O–H groups in total. The van der Waals surface area contributed by atoms with Gasteiger partial charge in [0.1, 0.15) is 18.2 Å². The van der Waals surface area contributed by atoms with Crippen molar-refractivity contribution in [2.24, 2.45) is 0 Å². The van der Waals surface area contributed by atoms with Crippen molar-refractivity contribution in [1.82, 2.24) is 0 Å². The minimum atomic E-state index is -0.247. The van der Waals surface area contributed by atoms with E-state index in [9.17, 15) is 4.39 Å². The summed E-state index contributed by atoms with van der Waals surface area (Å²) in [4.78, 5) is 0. The second-order valence-corrected chi connectivity index (χ2v) is 1.81. The van der Waals surface area contributed by atoms with Crippen molar-refractivity contribution >= 4 is 0 Å². The summed E-state index contributed by atoms with van der Waals surface area (Å²) in [6.07, 6.45) is 0. The summed E-state index contributed by atoms with van der Waals surface area (Å²) >= 11 is 0. The van der Waals surface area contributed by atoms with Crippen LogP contribution in [-0.4, -0.2) is 0 Å². The van der Waals surface area contributed by atoms with E-state index < -0.39 is 0 Å². The second kappa shape index (κ2) is 3.20. The molecule has 0 bridgehead atoms. The van der Waals surface area contributed by atoms with Gasteiger partial charge in [-0.25, -0.2) is 4.39 Å². The van der Waals surface area contributed by atoms with Gasteiger partial charge in [0.05, 0.1) is 0 Å². The van der Waals surface area contributed by atoms with E-state index in [4.69, 9.17) is 4.74 Å². The fourth-order valence-electron chi connectivity index (χ4n) is 0.649. The number of benzene rings is 1. The lowest BCUT2D eigenvalue weighted by atomic mass is 10.3. The monoisotopic (exact) mass is 139 g/mol. The Morgan fingerprint density at radius 3 is 2.40 bits per heavy atom. The van der Waals surface area contributed by atoms with Crippen molar-refractivity contribution in [3.63, 3.8) is 0 Å². The zero-order valence-corrected chi connectivity index (χ0v) is 5.67. The van der Waals surface area contributed by atoms with Crippen LogP contribution >= 0.6 is 0 Å². The minimum Gasteiger partial charge on any atom is -0.487 e. The molecule has 1 rings (SSSR count). The van der Waals surface area contributed by atoms with E-state index in [1.807, 2.05) is 0 Å². The highest BCUT2D eigenvalue weighted by molar-refractivity contribution is 5.22. The third-order valence-electron chi connectivity index (χ3n) is 1.07. The summed E-state index contributed by atoms with van der Waals surface area (Å²) in [6.45, 7) is 3.32. The smallest absolute Gasteiger partial charge is 0.132 e. The summed E-state index contributed by atoms with van der Waals surface area (Å²) in [5, 5.41) is 0. The summed E-state index contributed by atoms with van der Waals surface area (Å²) in [7, 11) is 0. The van der Waals surface area contributed by atoms with Gasteiger partial charge in [-0.15, -0.1) is 0 Å². The van der Waals surface area contributed by atoms with Crippen LogP contribution in [0.15, 0.2) is 24.3 Å². The van der Waals surface area contributed by atoms with E-state index in [2.05, 4.69) is 0 Å². The van der Waals surface area contributed by atoms with Crippen molar-refractivity contribution in [2.45, 2.75) is 6.92 Å². The molecule has 0 heterocycles. The third-order valence-corrected chi connectivity index (χ3v) is 1.07. The average molecular weight is 139 g/mol. The highest BCUT2D eigenvalue weighted by atomic mass is 19.1. The maximum Gasteiger partial charge on any atom is 0.132 e. The molecule has 0 spiro atoms. The molecule has 1 radical (unpaired) electrons. The molecular weight excluding hydrogens is 131 g/mol. The third kappa shape index (κ3) is 1.72. The molecule has 10 heavy (non-hydrogen) atoms. The van der Waals surface area contributed by atoms with Gasteiger partial charge in [-0.3, -0.25) is 0 Å². The summed E-state index contributed by atoms with van der Waals surface area (Å²) in [5.74, 6) is 0.410. The lowest BCUT2D eigenvalue weighted by Crippen LogP contribution is -1.84. The van der Waals surface area contributed by atoms with E-state index in [-0.39, 0.29) is 5.82 Å². The predicted octanol–water partition coefficient (Wildman–Crippen LogP) is 2.39. The van der Waals surface area contributed by atoms with Crippen molar-refractivity contribution in [2.75, 3.05) is 0 Å². The number of rotatable bonds is 2. The summed E-state index contributed by atoms with van der Waals surface area (Å²) < 4.78 is 17.2. The van der Waals surface area contributed by atoms with Crippen molar-refractivity contribution in [3.05, 3.63) is 36.7 Å². The molecular formula is C8H8FO. The van der Waals surface area contributed by atoms with Crippen LogP contribution in [0.1, 0.15) is 6.92 Å². The predicted molar refractivity (Wildman–Crippen MR) is 37.0 cm³/mol. The normalized spacial score (nSPS) is 9.40. The molecule has 0 atom stereocenters. The van der Waals surface area contributed by atoms with Gasteiger partial charge >= 0.3 is 0 Å². The van der Waals surface area contributed by atoms with Gasteiger partial charge in [0.2, 0.25) is 0 Å². The first-order chi connectivity index (χ1) is 4.83. The Hall–Kier alpha value is -1.05. The van der Waals surface area contributed by atoms with Gasteiger partial charge in [-0.1, -0.05) is 0 Å². The van der Waals surface area contributed by atoms with E-state index in [1.54, 1.807) is 25.7 Å². The summed E-state index contributed by atoms with van der Waals surface area (Å²) in [5.41, 5.74) is 0. The van der Waals surface area contributed by atoms with E-state index >= 15 is 0 Å². The highest BCUT2D eigenvalue weighted by Gasteiger charge is 1.90. The SMILES string of the molecule is C[CH]Oc1ccc(F)cc1. The zero-order valence-electron chi connectivity index (χ0n) is 5.67. The molecule has 1 aromatic rings. The number of hydrogen-bond donors (Lipinski definition) is 0. The Kier molecular flexibility index (Phi) is 2.26. The van der Waals surface area contributed by atoms with Gasteiger partial charge in [0.25, 0.3) is 0 Å². The lowest BCUT2D eigenvalue weighted by molar-refractivity contribution is 0.415. The van der Waals surface area contributed by atoms with Gasteiger partial charge in [-0.2, -0.15) is 0 Å². The van der Waals surface area contributed by atoms with E-state index in [1.165, 1.54) is 12.1 Å². The molecule has 0 aliphatic heterocycles. The van der Waals surface area contributed by atoms with Crippen LogP contribution < -0.4 is 4.74 Å². The molecule has 1 aromatic carbocycles. The molecule has 0 saturated carbocycles. The first-order valence-electron chi connectivity index (χ1n) is 3.03. The van der Waals surface area contributed by atoms with Crippen molar-refractivity contribution in [3.8, 4) is 5.75 Å². The Labute approximate surface area is 59.4 Å².